The topological polar surface area (TPSA) is 289 Å². The van der Waals surface area contributed by atoms with E-state index in [0.29, 0.717) is 50.1 Å². The number of rotatable bonds is 33. The Hall–Kier alpha value is -5.18. The minimum atomic E-state index is -3.43. The van der Waals surface area contributed by atoms with Gasteiger partial charge in [0.1, 0.15) is 23.8 Å². The molecule has 1 amide bonds. The number of aromatic nitrogens is 4. The summed E-state index contributed by atoms with van der Waals surface area (Å²) in [6, 6.07) is 21.8. The Labute approximate surface area is 440 Å². The lowest BCUT2D eigenvalue weighted by molar-refractivity contribution is -0.122. The van der Waals surface area contributed by atoms with Crippen LogP contribution < -0.4 is 37.1 Å². The molecule has 0 spiro atoms. The van der Waals surface area contributed by atoms with Crippen LogP contribution in [0.5, 0.6) is 11.5 Å². The first kappa shape index (κ1) is 59.1. The van der Waals surface area contributed by atoms with Gasteiger partial charge in [-0.25, -0.2) is 20.0 Å². The number of carbonyl (C=O) groups is 1. The molecule has 3 unspecified atom stereocenters. The third-order valence-electron chi connectivity index (χ3n) is 12.3. The SMILES string of the molecule is [C-]#[N+]CCCP(OCC(COP(O)OCCCCCCNC(c1ccc(OC)cc1)(c1ccc(OC)cc1)c1ccc(S(C)(=O)=O)cc1)NC(=O)CCN)OC[C@@H]1O[C@@H](n2cnc3c(=O)[nH]c(N)nc32)C[C@@H]1OCC. The van der Waals surface area contributed by atoms with Gasteiger partial charge in [-0.15, -0.1) is 0 Å². The van der Waals surface area contributed by atoms with E-state index in [1.54, 1.807) is 30.9 Å². The van der Waals surface area contributed by atoms with E-state index >= 15 is 0 Å². The van der Waals surface area contributed by atoms with E-state index in [4.69, 9.17) is 55.1 Å². The summed E-state index contributed by atoms with van der Waals surface area (Å²) >= 11 is 0. The largest absolute Gasteiger partial charge is 0.497 e. The van der Waals surface area contributed by atoms with Crippen molar-refractivity contribution in [2.75, 3.05) is 85.0 Å². The van der Waals surface area contributed by atoms with Crippen LogP contribution in [0.1, 0.15) is 74.8 Å². The number of methoxy groups -OCH3 is 2. The maximum absolute atomic E-state index is 12.7. The summed E-state index contributed by atoms with van der Waals surface area (Å²) in [6.45, 7) is 10.7. The Morgan fingerprint density at radius 3 is 2.21 bits per heavy atom. The van der Waals surface area contributed by atoms with Crippen molar-refractivity contribution in [1.82, 2.24) is 30.2 Å². The van der Waals surface area contributed by atoms with Crippen LogP contribution in [0.3, 0.4) is 0 Å². The monoisotopic (exact) mass is 1100 g/mol. The number of nitrogen functional groups attached to an aromatic ring is 1. The van der Waals surface area contributed by atoms with Gasteiger partial charge in [0.25, 0.3) is 5.56 Å². The third kappa shape index (κ3) is 16.7. The van der Waals surface area contributed by atoms with Crippen LogP contribution in [0, 0.1) is 6.57 Å². The van der Waals surface area contributed by atoms with E-state index in [-0.39, 0.29) is 80.0 Å². The molecule has 0 bridgehead atoms. The predicted molar refractivity (Wildman–Crippen MR) is 285 cm³/mol. The summed E-state index contributed by atoms with van der Waals surface area (Å²) in [7, 11) is -4.11. The van der Waals surface area contributed by atoms with Crippen molar-refractivity contribution >= 4 is 49.8 Å². The zero-order valence-electron chi connectivity index (χ0n) is 42.7. The number of unbranched alkanes of at least 4 members (excludes halogenated alkanes) is 3. The highest BCUT2D eigenvalue weighted by Gasteiger charge is 2.39. The second-order valence-electron chi connectivity index (χ2n) is 17.5. The van der Waals surface area contributed by atoms with Crippen molar-refractivity contribution in [3.05, 3.63) is 118 Å². The van der Waals surface area contributed by atoms with E-state index < -0.39 is 56.3 Å². The molecule has 25 heteroatoms. The van der Waals surface area contributed by atoms with Gasteiger partial charge in [0, 0.05) is 44.8 Å². The molecule has 0 aliphatic carbocycles. The number of amides is 1. The van der Waals surface area contributed by atoms with Gasteiger partial charge in [-0.3, -0.25) is 24.5 Å². The number of benzene rings is 3. The number of fused-ring (bicyclic) bond motifs is 1. The highest BCUT2D eigenvalue weighted by atomic mass is 32.2. The number of H-pyrrole nitrogens is 1. The van der Waals surface area contributed by atoms with Gasteiger partial charge in [-0.1, -0.05) is 49.2 Å². The Bertz CT molecular complexity index is 2720. The summed E-state index contributed by atoms with van der Waals surface area (Å²) in [5.74, 6) is 1.03. The number of ether oxygens (including phenoxy) is 4. The average molecular weight is 1100 g/mol. The molecule has 1 aliphatic rings. The zero-order valence-corrected chi connectivity index (χ0v) is 45.3. The van der Waals surface area contributed by atoms with Gasteiger partial charge in [0.2, 0.25) is 18.4 Å². The predicted octanol–water partition coefficient (Wildman–Crippen LogP) is 5.70. The fourth-order valence-electron chi connectivity index (χ4n) is 8.53. The molecule has 1 fully saturated rings. The molecule has 0 radical (unpaired) electrons. The van der Waals surface area contributed by atoms with Gasteiger partial charge in [0.15, 0.2) is 29.4 Å². The first-order chi connectivity index (χ1) is 36.2. The van der Waals surface area contributed by atoms with Gasteiger partial charge >= 0.3 is 8.60 Å². The van der Waals surface area contributed by atoms with E-state index in [9.17, 15) is 22.9 Å². The Balaban J connectivity index is 1.01. The molecule has 6 atom stereocenters. The number of aromatic amines is 1. The molecule has 75 heavy (non-hydrogen) atoms. The van der Waals surface area contributed by atoms with Gasteiger partial charge in [-0.05, 0) is 79.4 Å². The number of imidazole rings is 1. The molecule has 3 aromatic carbocycles. The minimum Gasteiger partial charge on any atom is -0.497 e. The highest BCUT2D eigenvalue weighted by Crippen LogP contribution is 2.43. The van der Waals surface area contributed by atoms with Crippen molar-refractivity contribution in [2.24, 2.45) is 5.73 Å². The van der Waals surface area contributed by atoms with Crippen LogP contribution in [-0.4, -0.2) is 136 Å². The lowest BCUT2D eigenvalue weighted by Crippen LogP contribution is -2.45. The number of nitrogens with zero attached hydrogens (tertiary/aromatic N) is 4. The average Bonchev–Trinajstić information content (AvgIpc) is 4.03. The highest BCUT2D eigenvalue weighted by molar-refractivity contribution is 7.90. The fraction of sp³-hybridized carbons (Fsp3) is 0.500. The number of hydrogen-bond acceptors (Lipinski definition) is 18. The zero-order chi connectivity index (χ0) is 53.8. The molecule has 5 aromatic rings. The Morgan fingerprint density at radius 2 is 1.60 bits per heavy atom. The van der Waals surface area contributed by atoms with Crippen LogP contribution in [0.2, 0.25) is 0 Å². The maximum Gasteiger partial charge on any atom is 0.329 e. The lowest BCUT2D eigenvalue weighted by Gasteiger charge is -2.37. The second kappa shape index (κ2) is 29.4. The van der Waals surface area contributed by atoms with Gasteiger partial charge < -0.3 is 63.6 Å². The summed E-state index contributed by atoms with van der Waals surface area (Å²) < 4.78 is 73.9. The number of nitrogens with two attached hydrogens (primary N) is 2. The Morgan fingerprint density at radius 1 is 0.960 bits per heavy atom. The summed E-state index contributed by atoms with van der Waals surface area (Å²) in [6.07, 6.45) is 5.65. The van der Waals surface area contributed by atoms with Crippen molar-refractivity contribution in [1.29, 1.82) is 0 Å². The number of carbonyl (C=O) groups excluding carboxylic acids is 1. The van der Waals surface area contributed by atoms with Crippen molar-refractivity contribution in [2.45, 2.75) is 86.8 Å². The van der Waals surface area contributed by atoms with E-state index in [2.05, 4.69) is 30.4 Å². The van der Waals surface area contributed by atoms with Crippen LogP contribution in [-0.2, 0) is 47.7 Å². The van der Waals surface area contributed by atoms with Gasteiger partial charge in [-0.2, -0.15) is 4.98 Å². The van der Waals surface area contributed by atoms with E-state index in [0.717, 1.165) is 36.0 Å². The minimum absolute atomic E-state index is 0.0346. The van der Waals surface area contributed by atoms with Crippen LogP contribution in [0.25, 0.3) is 16.0 Å². The standard InChI is InChI=1S/C50H69N9O13P2S/c1-6-67-42-30-45(59-34-54-46-47(59)57-49(52)58-48(46)61)72-43(42)33-70-73(29-11-26-53-2)69-31-38(56-44(60)24-25-51)32-71-74(62)68-28-10-8-7-9-27-55-50(35-12-18-39(65-3)19-13-35,36-14-20-40(66-4)21-15-36)37-16-22-41(23-17-37)75(5,63)64/h12-23,34,38,42-43,45,55,62H,6-11,24-33,51H2,1,3-5H3,(H,56,60)(H3,52,57,58,61)/t38?,42-,43-,45+,73?,74?/m0/s1. The molecule has 3 heterocycles. The van der Waals surface area contributed by atoms with E-state index in [1.165, 1.54) is 12.6 Å². The fourth-order valence-corrected chi connectivity index (χ4v) is 11.2. The van der Waals surface area contributed by atoms with E-state index in [1.807, 2.05) is 67.6 Å². The summed E-state index contributed by atoms with van der Waals surface area (Å²) in [4.78, 5) is 50.5. The van der Waals surface area contributed by atoms with Gasteiger partial charge in [0.05, 0.1) is 69.6 Å². The molecule has 1 saturated heterocycles. The Kier molecular flexibility index (Phi) is 23.1. The molecule has 1 aliphatic heterocycles. The molecular weight excluding hydrogens is 1030 g/mol. The first-order valence-electron chi connectivity index (χ1n) is 24.7. The quantitative estimate of drug-likeness (QED) is 0.0127. The number of sulfone groups is 1. The molecule has 2 aromatic heterocycles. The maximum atomic E-state index is 12.7. The molecular formula is C50H69N9O13P2S. The third-order valence-corrected chi connectivity index (χ3v) is 15.7. The number of nitrogens with one attached hydrogen (secondary N) is 3. The smallest absolute Gasteiger partial charge is 0.329 e. The molecule has 8 N–H and O–H groups in total. The van der Waals surface area contributed by atoms with Crippen molar-refractivity contribution in [3.63, 3.8) is 0 Å². The molecule has 408 valence electrons. The number of anilines is 1. The normalized spacial score (nSPS) is 17.1. The summed E-state index contributed by atoms with van der Waals surface area (Å²) in [5, 5.41) is 6.69. The lowest BCUT2D eigenvalue weighted by atomic mass is 9.76. The molecule has 6 rings (SSSR count). The molecule has 22 nitrogen and oxygen atoms in total. The second-order valence-corrected chi connectivity index (χ2v) is 22.2. The summed E-state index contributed by atoms with van der Waals surface area (Å²) in [5.41, 5.74) is 13.3. The van der Waals surface area contributed by atoms with Crippen molar-refractivity contribution in [3.8, 4) is 11.5 Å². The van der Waals surface area contributed by atoms with Crippen LogP contribution >= 0.6 is 17.0 Å². The molecule has 0 saturated carbocycles. The van der Waals surface area contributed by atoms with Crippen molar-refractivity contribution < 1.29 is 55.1 Å². The first-order valence-corrected chi connectivity index (χ1v) is 29.1. The van der Waals surface area contributed by atoms with Crippen LogP contribution in [0.15, 0.2) is 88.8 Å². The number of hydrogen-bond donors (Lipinski definition) is 6. The van der Waals surface area contributed by atoms with Crippen LogP contribution in [0.4, 0.5) is 5.95 Å².